The van der Waals surface area contributed by atoms with E-state index >= 15 is 0 Å². The van der Waals surface area contributed by atoms with Gasteiger partial charge < -0.3 is 9.64 Å². The van der Waals surface area contributed by atoms with E-state index in [1.165, 1.54) is 22.5 Å². The van der Waals surface area contributed by atoms with Crippen LogP contribution >= 0.6 is 11.3 Å². The Labute approximate surface area is 115 Å². The van der Waals surface area contributed by atoms with E-state index in [2.05, 4.69) is 17.1 Å². The van der Waals surface area contributed by atoms with E-state index in [9.17, 15) is 4.79 Å². The Balaban J connectivity index is 1.60. The molecular formula is C14H14N2O2S. The van der Waals surface area contributed by atoms with Crippen LogP contribution in [0.15, 0.2) is 35.8 Å². The maximum Gasteiger partial charge on any atom is 0.410 e. The molecule has 19 heavy (non-hydrogen) atoms. The highest BCUT2D eigenvalue weighted by Gasteiger charge is 2.21. The molecule has 3 rings (SSSR count). The lowest BCUT2D eigenvalue weighted by molar-refractivity contribution is 0.0918. The summed E-state index contributed by atoms with van der Waals surface area (Å²) in [7, 11) is 0. The molecule has 0 aliphatic carbocycles. The summed E-state index contributed by atoms with van der Waals surface area (Å²) in [4.78, 5) is 17.8. The first-order chi connectivity index (χ1) is 9.33. The molecule has 1 aromatic heterocycles. The Bertz CT molecular complexity index is 569. The number of rotatable bonds is 2. The first-order valence-corrected chi connectivity index (χ1v) is 7.08. The topological polar surface area (TPSA) is 42.4 Å². The molecule has 0 saturated heterocycles. The van der Waals surface area contributed by atoms with E-state index in [-0.39, 0.29) is 12.7 Å². The Morgan fingerprint density at radius 3 is 3.00 bits per heavy atom. The van der Waals surface area contributed by atoms with E-state index < -0.39 is 0 Å². The summed E-state index contributed by atoms with van der Waals surface area (Å²) in [5, 5.41) is 2.70. The average Bonchev–Trinajstić information content (AvgIpc) is 2.97. The van der Waals surface area contributed by atoms with Gasteiger partial charge in [-0.2, -0.15) is 0 Å². The Kier molecular flexibility index (Phi) is 3.46. The number of carbonyl (C=O) groups is 1. The Hall–Kier alpha value is -1.88. The van der Waals surface area contributed by atoms with E-state index in [0.717, 1.165) is 11.4 Å². The van der Waals surface area contributed by atoms with Gasteiger partial charge in [0.2, 0.25) is 0 Å². The zero-order valence-corrected chi connectivity index (χ0v) is 11.2. The number of carbonyl (C=O) groups excluding carboxylic acids is 1. The summed E-state index contributed by atoms with van der Waals surface area (Å²) in [6, 6.07) is 8.22. The Morgan fingerprint density at radius 2 is 2.21 bits per heavy atom. The molecular weight excluding hydrogens is 260 g/mol. The molecule has 2 heterocycles. The van der Waals surface area contributed by atoms with Gasteiger partial charge in [-0.3, -0.25) is 0 Å². The van der Waals surface area contributed by atoms with Gasteiger partial charge in [0.1, 0.15) is 11.6 Å². The van der Waals surface area contributed by atoms with Crippen molar-refractivity contribution in [3.8, 4) is 0 Å². The van der Waals surface area contributed by atoms with Crippen molar-refractivity contribution in [2.75, 3.05) is 6.54 Å². The fraction of sp³-hybridized carbons (Fsp3) is 0.286. The van der Waals surface area contributed by atoms with E-state index in [1.807, 2.05) is 17.5 Å². The SMILES string of the molecule is O=C(OCc1nccs1)N1CCc2ccccc2C1. The smallest absolute Gasteiger partial charge is 0.410 e. The number of amides is 1. The number of hydrogen-bond donors (Lipinski definition) is 0. The van der Waals surface area contributed by atoms with Crippen LogP contribution in [0.5, 0.6) is 0 Å². The van der Waals surface area contributed by atoms with Crippen LogP contribution in [0.2, 0.25) is 0 Å². The van der Waals surface area contributed by atoms with Crippen LogP contribution < -0.4 is 0 Å². The van der Waals surface area contributed by atoms with Crippen molar-refractivity contribution in [1.29, 1.82) is 0 Å². The van der Waals surface area contributed by atoms with Gasteiger partial charge >= 0.3 is 6.09 Å². The molecule has 1 aliphatic heterocycles. The molecule has 98 valence electrons. The molecule has 2 aromatic rings. The van der Waals surface area contributed by atoms with Gasteiger partial charge in [-0.1, -0.05) is 24.3 Å². The molecule has 0 spiro atoms. The van der Waals surface area contributed by atoms with Crippen LogP contribution in [0.4, 0.5) is 4.79 Å². The summed E-state index contributed by atoms with van der Waals surface area (Å²) in [5.74, 6) is 0. The van der Waals surface area contributed by atoms with E-state index in [4.69, 9.17) is 4.74 Å². The van der Waals surface area contributed by atoms with Crippen molar-refractivity contribution in [2.24, 2.45) is 0 Å². The highest BCUT2D eigenvalue weighted by Crippen LogP contribution is 2.19. The first-order valence-electron chi connectivity index (χ1n) is 6.20. The van der Waals surface area contributed by atoms with Gasteiger partial charge in [0.05, 0.1) is 0 Å². The molecule has 0 N–H and O–H groups in total. The number of aromatic nitrogens is 1. The molecule has 0 unspecified atom stereocenters. The van der Waals surface area contributed by atoms with Gasteiger partial charge in [-0.15, -0.1) is 11.3 Å². The van der Waals surface area contributed by atoms with Gasteiger partial charge in [0.25, 0.3) is 0 Å². The van der Waals surface area contributed by atoms with Crippen molar-refractivity contribution < 1.29 is 9.53 Å². The summed E-state index contributed by atoms with van der Waals surface area (Å²) in [6.45, 7) is 1.61. The monoisotopic (exact) mass is 274 g/mol. The summed E-state index contributed by atoms with van der Waals surface area (Å²) in [6.07, 6.45) is 2.35. The standard InChI is InChI=1S/C14H14N2O2S/c17-14(18-10-13-15-6-8-19-13)16-7-5-11-3-1-2-4-12(11)9-16/h1-4,6,8H,5,7,9-10H2. The van der Waals surface area contributed by atoms with Crippen LogP contribution in [0.25, 0.3) is 0 Å². The molecule has 0 radical (unpaired) electrons. The third-order valence-corrected chi connectivity index (χ3v) is 3.94. The minimum atomic E-state index is -0.260. The molecule has 4 nitrogen and oxygen atoms in total. The fourth-order valence-corrected chi connectivity index (χ4v) is 2.72. The van der Waals surface area contributed by atoms with Gasteiger partial charge in [0, 0.05) is 24.7 Å². The molecule has 0 fully saturated rings. The molecule has 1 aliphatic rings. The first kappa shape index (κ1) is 12.2. The van der Waals surface area contributed by atoms with Crippen molar-refractivity contribution in [2.45, 2.75) is 19.6 Å². The van der Waals surface area contributed by atoms with Gasteiger partial charge in [-0.25, -0.2) is 9.78 Å². The molecule has 0 bridgehead atoms. The number of benzene rings is 1. The van der Waals surface area contributed by atoms with Gasteiger partial charge in [0.15, 0.2) is 0 Å². The number of hydrogen-bond acceptors (Lipinski definition) is 4. The number of nitrogens with zero attached hydrogens (tertiary/aromatic N) is 2. The van der Waals surface area contributed by atoms with E-state index in [0.29, 0.717) is 13.1 Å². The zero-order valence-electron chi connectivity index (χ0n) is 10.4. The van der Waals surface area contributed by atoms with Crippen LogP contribution in [-0.4, -0.2) is 22.5 Å². The van der Waals surface area contributed by atoms with Crippen molar-refractivity contribution >= 4 is 17.4 Å². The van der Waals surface area contributed by atoms with Crippen LogP contribution in [0.3, 0.4) is 0 Å². The molecule has 0 saturated carbocycles. The molecule has 0 atom stereocenters. The Morgan fingerprint density at radius 1 is 1.37 bits per heavy atom. The second kappa shape index (κ2) is 5.40. The molecule has 1 amide bonds. The maximum absolute atomic E-state index is 12.0. The van der Waals surface area contributed by atoms with E-state index in [1.54, 1.807) is 11.1 Å². The maximum atomic E-state index is 12.0. The highest BCUT2D eigenvalue weighted by molar-refractivity contribution is 7.09. The second-order valence-corrected chi connectivity index (χ2v) is 5.40. The highest BCUT2D eigenvalue weighted by atomic mass is 32.1. The lowest BCUT2D eigenvalue weighted by Gasteiger charge is -2.27. The minimum Gasteiger partial charge on any atom is -0.442 e. The number of fused-ring (bicyclic) bond motifs is 1. The number of ether oxygens (including phenoxy) is 1. The minimum absolute atomic E-state index is 0.259. The molecule has 1 aromatic carbocycles. The van der Waals surface area contributed by atoms with Crippen molar-refractivity contribution in [3.05, 3.63) is 52.0 Å². The summed E-state index contributed by atoms with van der Waals surface area (Å²) >= 11 is 1.49. The van der Waals surface area contributed by atoms with Crippen molar-refractivity contribution in [1.82, 2.24) is 9.88 Å². The average molecular weight is 274 g/mol. The predicted octanol–water partition coefficient (Wildman–Crippen LogP) is 2.84. The van der Waals surface area contributed by atoms with Crippen LogP contribution in [0.1, 0.15) is 16.1 Å². The lowest BCUT2D eigenvalue weighted by Crippen LogP contribution is -2.36. The van der Waals surface area contributed by atoms with Crippen LogP contribution in [0, 0.1) is 0 Å². The zero-order chi connectivity index (χ0) is 13.1. The third kappa shape index (κ3) is 2.76. The lowest BCUT2D eigenvalue weighted by atomic mass is 10.0. The predicted molar refractivity (Wildman–Crippen MR) is 72.9 cm³/mol. The summed E-state index contributed by atoms with van der Waals surface area (Å²) < 4.78 is 5.28. The van der Waals surface area contributed by atoms with Gasteiger partial charge in [-0.05, 0) is 17.5 Å². The quantitative estimate of drug-likeness (QED) is 0.845. The largest absolute Gasteiger partial charge is 0.442 e. The summed E-state index contributed by atoms with van der Waals surface area (Å²) in [5.41, 5.74) is 2.53. The van der Waals surface area contributed by atoms with Crippen LogP contribution in [-0.2, 0) is 24.3 Å². The fourth-order valence-electron chi connectivity index (χ4n) is 2.19. The van der Waals surface area contributed by atoms with Crippen molar-refractivity contribution in [3.63, 3.8) is 0 Å². The second-order valence-electron chi connectivity index (χ2n) is 4.42. The third-order valence-electron chi connectivity index (χ3n) is 3.19. The molecule has 5 heteroatoms. The number of thiazole rings is 1. The normalized spacial score (nSPS) is 14.0.